The predicted octanol–water partition coefficient (Wildman–Crippen LogP) is 2.55. The van der Waals surface area contributed by atoms with Gasteiger partial charge in [0, 0.05) is 19.2 Å². The van der Waals surface area contributed by atoms with E-state index in [4.69, 9.17) is 5.11 Å². The van der Waals surface area contributed by atoms with Gasteiger partial charge >= 0.3 is 0 Å². The van der Waals surface area contributed by atoms with Crippen molar-refractivity contribution in [1.82, 2.24) is 14.5 Å². The maximum Gasteiger partial charge on any atom is 0.112 e. The number of pyridine rings is 1. The van der Waals surface area contributed by atoms with Crippen LogP contribution in [0.5, 0.6) is 0 Å². The fourth-order valence-electron chi connectivity index (χ4n) is 2.27. The van der Waals surface area contributed by atoms with Crippen molar-refractivity contribution in [2.24, 2.45) is 0 Å². The molecule has 4 nitrogen and oxygen atoms in total. The van der Waals surface area contributed by atoms with Crippen LogP contribution in [0.15, 0.2) is 18.5 Å². The number of aliphatic hydroxyl groups is 1. The Morgan fingerprint density at radius 2 is 2.17 bits per heavy atom. The van der Waals surface area contributed by atoms with Crippen LogP contribution in [-0.4, -0.2) is 26.2 Å². The summed E-state index contributed by atoms with van der Waals surface area (Å²) in [5.41, 5.74) is 2.06. The van der Waals surface area contributed by atoms with Crippen molar-refractivity contribution >= 4 is 11.0 Å². The zero-order chi connectivity index (χ0) is 12.8. The summed E-state index contributed by atoms with van der Waals surface area (Å²) in [7, 11) is 0. The third kappa shape index (κ3) is 2.88. The molecule has 2 aromatic rings. The third-order valence-corrected chi connectivity index (χ3v) is 3.20. The van der Waals surface area contributed by atoms with Crippen LogP contribution in [0.1, 0.15) is 38.4 Å². The normalized spacial score (nSPS) is 11.2. The van der Waals surface area contributed by atoms with Gasteiger partial charge in [-0.2, -0.15) is 0 Å². The quantitative estimate of drug-likeness (QED) is 0.765. The summed E-state index contributed by atoms with van der Waals surface area (Å²) in [6.07, 6.45) is 9.15. The van der Waals surface area contributed by atoms with E-state index in [1.54, 1.807) is 12.4 Å². The van der Waals surface area contributed by atoms with E-state index in [1.807, 2.05) is 6.07 Å². The highest BCUT2D eigenvalue weighted by Gasteiger charge is 2.09. The molecule has 2 heterocycles. The number of aromatic nitrogens is 3. The molecule has 2 aromatic heterocycles. The second kappa shape index (κ2) is 6.50. The van der Waals surface area contributed by atoms with Gasteiger partial charge < -0.3 is 9.67 Å². The Morgan fingerprint density at radius 1 is 1.28 bits per heavy atom. The molecule has 98 valence electrons. The van der Waals surface area contributed by atoms with E-state index >= 15 is 0 Å². The molecule has 0 aromatic carbocycles. The Morgan fingerprint density at radius 3 is 2.94 bits per heavy atom. The smallest absolute Gasteiger partial charge is 0.112 e. The predicted molar refractivity (Wildman–Crippen MR) is 72.5 cm³/mol. The second-order valence-corrected chi connectivity index (χ2v) is 4.58. The summed E-state index contributed by atoms with van der Waals surface area (Å²) in [5.74, 6) is 0.969. The maximum atomic E-state index is 9.11. The van der Waals surface area contributed by atoms with Gasteiger partial charge in [-0.3, -0.25) is 4.98 Å². The second-order valence-electron chi connectivity index (χ2n) is 4.58. The molecule has 0 amide bonds. The Balaban J connectivity index is 2.19. The molecule has 0 aliphatic rings. The Labute approximate surface area is 108 Å². The van der Waals surface area contributed by atoms with Gasteiger partial charge in [0.15, 0.2) is 0 Å². The molecule has 1 N–H and O–H groups in total. The van der Waals surface area contributed by atoms with E-state index in [2.05, 4.69) is 21.5 Å². The number of fused-ring (bicyclic) bond motifs is 1. The summed E-state index contributed by atoms with van der Waals surface area (Å²) in [5, 5.41) is 9.11. The van der Waals surface area contributed by atoms with E-state index in [-0.39, 0.29) is 6.61 Å². The molecule has 4 heteroatoms. The standard InChI is InChI=1S/C14H21N3O/c1-2-3-4-5-9-17-13-6-8-15-11-12(13)16-14(17)7-10-18/h6,8,11,18H,2-5,7,9-10H2,1H3. The first-order chi connectivity index (χ1) is 8.86. The fraction of sp³-hybridized carbons (Fsp3) is 0.571. The molecule has 0 bridgehead atoms. The number of hydrogen-bond acceptors (Lipinski definition) is 3. The fourth-order valence-corrected chi connectivity index (χ4v) is 2.27. The summed E-state index contributed by atoms with van der Waals surface area (Å²) in [6, 6.07) is 2.00. The molecule has 0 radical (unpaired) electrons. The van der Waals surface area contributed by atoms with E-state index in [0.717, 1.165) is 23.4 Å². The first kappa shape index (κ1) is 13.0. The third-order valence-electron chi connectivity index (χ3n) is 3.20. The van der Waals surface area contributed by atoms with Gasteiger partial charge in [-0.25, -0.2) is 4.98 Å². The van der Waals surface area contributed by atoms with E-state index in [1.165, 1.54) is 25.7 Å². The van der Waals surface area contributed by atoms with Gasteiger partial charge in [-0.1, -0.05) is 26.2 Å². The van der Waals surface area contributed by atoms with Gasteiger partial charge in [0.25, 0.3) is 0 Å². The molecule has 0 unspecified atom stereocenters. The minimum atomic E-state index is 0.145. The number of aliphatic hydroxyl groups excluding tert-OH is 1. The number of imidazole rings is 1. The lowest BCUT2D eigenvalue weighted by atomic mass is 10.2. The molecule has 0 fully saturated rings. The molecular formula is C14H21N3O. The first-order valence-corrected chi connectivity index (χ1v) is 6.76. The van der Waals surface area contributed by atoms with Crippen molar-refractivity contribution in [3.63, 3.8) is 0 Å². The minimum absolute atomic E-state index is 0.145. The highest BCUT2D eigenvalue weighted by molar-refractivity contribution is 5.74. The van der Waals surface area contributed by atoms with Crippen molar-refractivity contribution in [2.45, 2.75) is 45.6 Å². The van der Waals surface area contributed by atoms with Crippen LogP contribution < -0.4 is 0 Å². The lowest BCUT2D eigenvalue weighted by Crippen LogP contribution is -2.06. The maximum absolute atomic E-state index is 9.11. The molecule has 0 saturated heterocycles. The Bertz CT molecular complexity index is 493. The summed E-state index contributed by atoms with van der Waals surface area (Å²) in [6.45, 7) is 3.34. The Hall–Kier alpha value is -1.42. The van der Waals surface area contributed by atoms with Gasteiger partial charge in [0.05, 0.1) is 18.3 Å². The lowest BCUT2D eigenvalue weighted by Gasteiger charge is -2.08. The van der Waals surface area contributed by atoms with E-state index in [0.29, 0.717) is 6.42 Å². The molecule has 0 spiro atoms. The van der Waals surface area contributed by atoms with Crippen LogP contribution in [-0.2, 0) is 13.0 Å². The van der Waals surface area contributed by atoms with Gasteiger partial charge in [-0.15, -0.1) is 0 Å². The first-order valence-electron chi connectivity index (χ1n) is 6.76. The van der Waals surface area contributed by atoms with Crippen molar-refractivity contribution in [2.75, 3.05) is 6.61 Å². The molecule has 0 saturated carbocycles. The molecule has 2 rings (SSSR count). The van der Waals surface area contributed by atoms with Crippen LogP contribution in [0, 0.1) is 0 Å². The number of hydrogen-bond donors (Lipinski definition) is 1. The zero-order valence-corrected chi connectivity index (χ0v) is 11.0. The molecule has 0 atom stereocenters. The molecular weight excluding hydrogens is 226 g/mol. The number of nitrogens with zero attached hydrogens (tertiary/aromatic N) is 3. The average molecular weight is 247 g/mol. The SMILES string of the molecule is CCCCCCn1c(CCO)nc2cnccc21. The van der Waals surface area contributed by atoms with Crippen LogP contribution >= 0.6 is 0 Å². The summed E-state index contributed by atoms with van der Waals surface area (Å²) >= 11 is 0. The average Bonchev–Trinajstić information content (AvgIpc) is 2.73. The lowest BCUT2D eigenvalue weighted by molar-refractivity contribution is 0.294. The van der Waals surface area contributed by atoms with Crippen molar-refractivity contribution in [3.8, 4) is 0 Å². The van der Waals surface area contributed by atoms with Crippen LogP contribution in [0.4, 0.5) is 0 Å². The zero-order valence-electron chi connectivity index (χ0n) is 11.0. The van der Waals surface area contributed by atoms with Crippen LogP contribution in [0.3, 0.4) is 0 Å². The summed E-state index contributed by atoms with van der Waals surface area (Å²) < 4.78 is 2.23. The van der Waals surface area contributed by atoms with Crippen molar-refractivity contribution in [1.29, 1.82) is 0 Å². The van der Waals surface area contributed by atoms with Gasteiger partial charge in [0.2, 0.25) is 0 Å². The molecule has 0 aliphatic heterocycles. The number of aryl methyl sites for hydroxylation is 1. The van der Waals surface area contributed by atoms with Gasteiger partial charge in [-0.05, 0) is 12.5 Å². The van der Waals surface area contributed by atoms with Crippen LogP contribution in [0.2, 0.25) is 0 Å². The van der Waals surface area contributed by atoms with E-state index in [9.17, 15) is 0 Å². The highest BCUT2D eigenvalue weighted by atomic mass is 16.3. The monoisotopic (exact) mass is 247 g/mol. The summed E-state index contributed by atoms with van der Waals surface area (Å²) in [4.78, 5) is 8.64. The van der Waals surface area contributed by atoms with Crippen molar-refractivity contribution in [3.05, 3.63) is 24.3 Å². The highest BCUT2D eigenvalue weighted by Crippen LogP contribution is 2.16. The van der Waals surface area contributed by atoms with E-state index < -0.39 is 0 Å². The number of unbranched alkanes of at least 4 members (excludes halogenated alkanes) is 3. The molecule has 0 aliphatic carbocycles. The van der Waals surface area contributed by atoms with Crippen molar-refractivity contribution < 1.29 is 5.11 Å². The Kier molecular flexibility index (Phi) is 4.70. The van der Waals surface area contributed by atoms with Crippen LogP contribution in [0.25, 0.3) is 11.0 Å². The minimum Gasteiger partial charge on any atom is -0.396 e. The molecule has 18 heavy (non-hydrogen) atoms. The number of rotatable bonds is 7. The topological polar surface area (TPSA) is 50.9 Å². The van der Waals surface area contributed by atoms with Gasteiger partial charge in [0.1, 0.15) is 11.3 Å². The largest absolute Gasteiger partial charge is 0.396 e.